The van der Waals surface area contributed by atoms with E-state index in [-0.39, 0.29) is 17.4 Å². The van der Waals surface area contributed by atoms with Crippen LogP contribution in [0.15, 0.2) is 35.6 Å². The molecular weight excluding hydrogens is 290 g/mol. The normalized spacial score (nSPS) is 23.0. The van der Waals surface area contributed by atoms with Crippen molar-refractivity contribution in [2.45, 2.75) is 12.1 Å². The first-order valence-corrected chi connectivity index (χ1v) is 6.96. The van der Waals surface area contributed by atoms with Gasteiger partial charge in [0.1, 0.15) is 11.4 Å². The van der Waals surface area contributed by atoms with Crippen molar-refractivity contribution in [3.05, 3.63) is 35.9 Å². The Morgan fingerprint density at radius 1 is 1.24 bits per heavy atom. The second kappa shape index (κ2) is 4.85. The summed E-state index contributed by atoms with van der Waals surface area (Å²) in [5.41, 5.74) is 1.27. The van der Waals surface area contributed by atoms with Crippen molar-refractivity contribution in [3.8, 4) is 0 Å². The molecule has 0 spiro atoms. The maximum atomic E-state index is 5.90. The van der Waals surface area contributed by atoms with Crippen LogP contribution >= 0.6 is 11.6 Å². The molecule has 1 aliphatic carbocycles. The van der Waals surface area contributed by atoms with Gasteiger partial charge in [0.15, 0.2) is 11.5 Å². The van der Waals surface area contributed by atoms with Gasteiger partial charge in [0.2, 0.25) is 5.28 Å². The molecule has 106 valence electrons. The molecule has 8 heteroatoms. The lowest BCUT2D eigenvalue weighted by atomic mass is 10.1. The molecule has 1 aliphatic heterocycles. The predicted octanol–water partition coefficient (Wildman–Crippen LogP) is 1.28. The van der Waals surface area contributed by atoms with Crippen LogP contribution in [0, 0.1) is 0 Å². The zero-order chi connectivity index (χ0) is 14.2. The standard InChI is InChI=1S/C13H12ClN7/c14-13-20-11(10-12(21-13)17-6-16-10)15-5-9-18-7-3-1-2-4-8(7)19-9/h1-4,6-8H,5H2,(H,18,19)(H2,15,16,17,20,21). The van der Waals surface area contributed by atoms with Crippen molar-refractivity contribution < 1.29 is 0 Å². The highest BCUT2D eigenvalue weighted by Crippen LogP contribution is 2.19. The van der Waals surface area contributed by atoms with Crippen LogP contribution in [0.5, 0.6) is 0 Å². The zero-order valence-corrected chi connectivity index (χ0v) is 11.7. The van der Waals surface area contributed by atoms with Gasteiger partial charge in [0.25, 0.3) is 0 Å². The minimum absolute atomic E-state index is 0.165. The number of H-pyrrole nitrogens is 1. The number of nitrogens with zero attached hydrogens (tertiary/aromatic N) is 4. The number of imidazole rings is 1. The van der Waals surface area contributed by atoms with Crippen molar-refractivity contribution in [1.29, 1.82) is 0 Å². The molecule has 0 amide bonds. The Balaban J connectivity index is 1.53. The molecule has 3 heterocycles. The average molecular weight is 302 g/mol. The Labute approximate surface area is 125 Å². The van der Waals surface area contributed by atoms with Crippen LogP contribution in [-0.4, -0.2) is 44.4 Å². The van der Waals surface area contributed by atoms with Crippen LogP contribution in [0.3, 0.4) is 0 Å². The molecule has 4 rings (SSSR count). The minimum Gasteiger partial charge on any atom is -0.364 e. The number of amidine groups is 1. The largest absolute Gasteiger partial charge is 0.364 e. The third-order valence-electron chi connectivity index (χ3n) is 3.43. The van der Waals surface area contributed by atoms with Gasteiger partial charge >= 0.3 is 0 Å². The Hall–Kier alpha value is -2.41. The third-order valence-corrected chi connectivity index (χ3v) is 3.59. The Kier molecular flexibility index (Phi) is 2.85. The van der Waals surface area contributed by atoms with Crippen LogP contribution in [0.4, 0.5) is 5.82 Å². The van der Waals surface area contributed by atoms with Gasteiger partial charge in [-0.25, -0.2) is 4.98 Å². The van der Waals surface area contributed by atoms with Crippen LogP contribution in [0.2, 0.25) is 5.28 Å². The van der Waals surface area contributed by atoms with Gasteiger partial charge in [-0.3, -0.25) is 4.99 Å². The molecule has 0 saturated carbocycles. The lowest BCUT2D eigenvalue weighted by Gasteiger charge is -2.13. The van der Waals surface area contributed by atoms with E-state index in [0.29, 0.717) is 18.0 Å². The van der Waals surface area contributed by atoms with E-state index in [1.165, 1.54) is 0 Å². The molecule has 0 radical (unpaired) electrons. The first-order valence-electron chi connectivity index (χ1n) is 6.58. The molecule has 3 N–H and O–H groups in total. The number of hydrogen-bond donors (Lipinski definition) is 3. The zero-order valence-electron chi connectivity index (χ0n) is 10.9. The summed E-state index contributed by atoms with van der Waals surface area (Å²) in [4.78, 5) is 19.9. The monoisotopic (exact) mass is 301 g/mol. The van der Waals surface area contributed by atoms with Gasteiger partial charge in [-0.2, -0.15) is 9.97 Å². The van der Waals surface area contributed by atoms with Crippen molar-refractivity contribution in [1.82, 2.24) is 25.3 Å². The molecule has 2 aromatic rings. The van der Waals surface area contributed by atoms with E-state index >= 15 is 0 Å². The van der Waals surface area contributed by atoms with Gasteiger partial charge in [0, 0.05) is 0 Å². The highest BCUT2D eigenvalue weighted by atomic mass is 35.5. The summed E-state index contributed by atoms with van der Waals surface area (Å²) in [6.45, 7) is 0.538. The summed E-state index contributed by atoms with van der Waals surface area (Å²) < 4.78 is 0. The lowest BCUT2D eigenvalue weighted by molar-refractivity contribution is 0.694. The third kappa shape index (κ3) is 2.25. The van der Waals surface area contributed by atoms with Gasteiger partial charge in [-0.05, 0) is 11.6 Å². The fourth-order valence-electron chi connectivity index (χ4n) is 2.46. The van der Waals surface area contributed by atoms with Crippen LogP contribution in [0.25, 0.3) is 11.2 Å². The smallest absolute Gasteiger partial charge is 0.226 e. The molecule has 2 atom stereocenters. The first-order chi connectivity index (χ1) is 10.3. The molecule has 2 aliphatic rings. The van der Waals surface area contributed by atoms with E-state index in [9.17, 15) is 0 Å². The number of halogens is 1. The fourth-order valence-corrected chi connectivity index (χ4v) is 2.63. The number of hydrogen-bond acceptors (Lipinski definition) is 6. The molecule has 0 saturated heterocycles. The molecule has 0 bridgehead atoms. The molecule has 21 heavy (non-hydrogen) atoms. The second-order valence-electron chi connectivity index (χ2n) is 4.80. The number of rotatable bonds is 3. The predicted molar refractivity (Wildman–Crippen MR) is 81.6 cm³/mol. The summed E-state index contributed by atoms with van der Waals surface area (Å²) in [5, 5.41) is 6.75. The van der Waals surface area contributed by atoms with Crippen molar-refractivity contribution in [2.24, 2.45) is 4.99 Å². The summed E-state index contributed by atoms with van der Waals surface area (Å²) in [7, 11) is 0. The van der Waals surface area contributed by atoms with E-state index in [4.69, 9.17) is 11.6 Å². The number of anilines is 1. The maximum Gasteiger partial charge on any atom is 0.226 e. The van der Waals surface area contributed by atoms with Crippen LogP contribution in [0.1, 0.15) is 0 Å². The van der Waals surface area contributed by atoms with E-state index in [2.05, 4.69) is 47.7 Å². The highest BCUT2D eigenvalue weighted by Gasteiger charge is 2.25. The molecule has 2 unspecified atom stereocenters. The summed E-state index contributed by atoms with van der Waals surface area (Å²) >= 11 is 5.90. The number of fused-ring (bicyclic) bond motifs is 2. The molecule has 0 fully saturated rings. The fraction of sp³-hybridized carbons (Fsp3) is 0.231. The quantitative estimate of drug-likeness (QED) is 0.743. The van der Waals surface area contributed by atoms with Gasteiger partial charge in [-0.15, -0.1) is 0 Å². The summed E-state index contributed by atoms with van der Waals surface area (Å²) in [6, 6.07) is 0.418. The van der Waals surface area contributed by atoms with Crippen molar-refractivity contribution in [2.75, 3.05) is 11.9 Å². The number of allylic oxidation sites excluding steroid dienone is 2. The first kappa shape index (κ1) is 12.3. The Bertz CT molecular complexity index is 776. The second-order valence-corrected chi connectivity index (χ2v) is 5.14. The number of nitrogens with one attached hydrogen (secondary N) is 3. The molecular formula is C13H12ClN7. The van der Waals surface area contributed by atoms with E-state index in [1.54, 1.807) is 6.33 Å². The summed E-state index contributed by atoms with van der Waals surface area (Å²) in [5.74, 6) is 1.51. The van der Waals surface area contributed by atoms with Crippen LogP contribution < -0.4 is 10.6 Å². The topological polar surface area (TPSA) is 90.9 Å². The van der Waals surface area contributed by atoms with E-state index in [0.717, 1.165) is 11.4 Å². The van der Waals surface area contributed by atoms with E-state index < -0.39 is 0 Å². The van der Waals surface area contributed by atoms with Crippen molar-refractivity contribution >= 4 is 34.4 Å². The average Bonchev–Trinajstić information content (AvgIpc) is 3.10. The van der Waals surface area contributed by atoms with Crippen molar-refractivity contribution in [3.63, 3.8) is 0 Å². The van der Waals surface area contributed by atoms with E-state index in [1.807, 2.05) is 12.2 Å². The van der Waals surface area contributed by atoms with Gasteiger partial charge in [-0.1, -0.05) is 24.3 Å². The lowest BCUT2D eigenvalue weighted by Crippen LogP contribution is -2.35. The number of aromatic amines is 1. The summed E-state index contributed by atoms with van der Waals surface area (Å²) in [6.07, 6.45) is 9.80. The van der Waals surface area contributed by atoms with Gasteiger partial charge in [0.05, 0.1) is 25.0 Å². The minimum atomic E-state index is 0.165. The Morgan fingerprint density at radius 2 is 2.14 bits per heavy atom. The molecule has 2 aromatic heterocycles. The number of aromatic nitrogens is 4. The SMILES string of the molecule is Clc1nc(NCC2=NC3C=CC=CC3N2)c2[nH]cnc2n1. The Morgan fingerprint density at radius 3 is 3.05 bits per heavy atom. The van der Waals surface area contributed by atoms with Gasteiger partial charge < -0.3 is 15.6 Å². The molecule has 7 nitrogen and oxygen atoms in total. The maximum absolute atomic E-state index is 5.90. The number of aliphatic imine (C=N–C) groups is 1. The molecule has 0 aromatic carbocycles. The van der Waals surface area contributed by atoms with Crippen LogP contribution in [-0.2, 0) is 0 Å². The highest BCUT2D eigenvalue weighted by molar-refractivity contribution is 6.28.